The second-order valence-electron chi connectivity index (χ2n) is 5.34. The van der Waals surface area contributed by atoms with Crippen molar-refractivity contribution in [2.45, 2.75) is 44.6 Å². The van der Waals surface area contributed by atoms with Crippen molar-refractivity contribution in [2.75, 3.05) is 18.4 Å². The summed E-state index contributed by atoms with van der Waals surface area (Å²) in [4.78, 5) is 8.27. The molecule has 1 N–H and O–H groups in total. The molecule has 0 bridgehead atoms. The third-order valence-corrected chi connectivity index (χ3v) is 5.46. The van der Waals surface area contributed by atoms with Crippen LogP contribution in [0.2, 0.25) is 0 Å². The molecule has 1 aromatic rings. The number of anilines is 1. The number of rotatable bonds is 5. The second-order valence-corrected chi connectivity index (χ2v) is 7.23. The molecule has 2 rings (SSSR count). The minimum atomic E-state index is -3.48. The van der Waals surface area contributed by atoms with Gasteiger partial charge in [-0.1, -0.05) is 13.8 Å². The van der Waals surface area contributed by atoms with E-state index in [0.717, 1.165) is 12.8 Å². The molecule has 1 unspecified atom stereocenters. The maximum atomic E-state index is 12.6. The van der Waals surface area contributed by atoms with Gasteiger partial charge < -0.3 is 5.32 Å². The van der Waals surface area contributed by atoms with Crippen molar-refractivity contribution in [1.29, 1.82) is 0 Å². The van der Waals surface area contributed by atoms with Gasteiger partial charge in [0.25, 0.3) is 0 Å². The lowest BCUT2D eigenvalue weighted by Crippen LogP contribution is -2.38. The molecule has 1 aromatic heterocycles. The van der Waals surface area contributed by atoms with Crippen LogP contribution in [0.1, 0.15) is 33.6 Å². The third kappa shape index (κ3) is 2.93. The average Bonchev–Trinajstić information content (AvgIpc) is 2.90. The SMILES string of the molecule is CCNc1ncc(S(=O)(=O)N2CCCC2C(C)C)cn1. The van der Waals surface area contributed by atoms with Crippen LogP contribution >= 0.6 is 0 Å². The fraction of sp³-hybridized carbons (Fsp3) is 0.692. The van der Waals surface area contributed by atoms with Crippen LogP contribution in [0.5, 0.6) is 0 Å². The first-order valence-corrected chi connectivity index (χ1v) is 8.48. The van der Waals surface area contributed by atoms with Gasteiger partial charge in [0.2, 0.25) is 16.0 Å². The van der Waals surface area contributed by atoms with E-state index in [2.05, 4.69) is 29.1 Å². The van der Waals surface area contributed by atoms with Gasteiger partial charge in [0, 0.05) is 19.1 Å². The molecular formula is C13H22N4O2S. The summed E-state index contributed by atoms with van der Waals surface area (Å²) in [5.41, 5.74) is 0. The van der Waals surface area contributed by atoms with E-state index in [-0.39, 0.29) is 10.9 Å². The number of sulfonamides is 1. The lowest BCUT2D eigenvalue weighted by Gasteiger charge is -2.26. The van der Waals surface area contributed by atoms with Crippen LogP contribution in [0.4, 0.5) is 5.95 Å². The fourth-order valence-corrected chi connectivity index (χ4v) is 4.28. The normalized spacial score (nSPS) is 20.5. The topological polar surface area (TPSA) is 75.2 Å². The molecule has 1 aliphatic rings. The molecule has 0 radical (unpaired) electrons. The largest absolute Gasteiger partial charge is 0.355 e. The molecule has 112 valence electrons. The first-order chi connectivity index (χ1) is 9.46. The molecule has 0 amide bonds. The van der Waals surface area contributed by atoms with E-state index in [1.807, 2.05) is 6.92 Å². The van der Waals surface area contributed by atoms with Gasteiger partial charge in [-0.2, -0.15) is 4.31 Å². The van der Waals surface area contributed by atoms with Crippen molar-refractivity contribution in [3.8, 4) is 0 Å². The molecule has 0 aliphatic carbocycles. The Bertz CT molecular complexity index is 542. The fourth-order valence-electron chi connectivity index (χ4n) is 2.56. The van der Waals surface area contributed by atoms with Crippen molar-refractivity contribution in [1.82, 2.24) is 14.3 Å². The van der Waals surface area contributed by atoms with Gasteiger partial charge in [-0.25, -0.2) is 18.4 Å². The monoisotopic (exact) mass is 298 g/mol. The molecule has 6 nitrogen and oxygen atoms in total. The summed E-state index contributed by atoms with van der Waals surface area (Å²) in [6.45, 7) is 7.34. The van der Waals surface area contributed by atoms with Gasteiger partial charge in [-0.05, 0) is 25.7 Å². The zero-order chi connectivity index (χ0) is 14.8. The zero-order valence-electron chi connectivity index (χ0n) is 12.2. The second kappa shape index (κ2) is 6.05. The van der Waals surface area contributed by atoms with Crippen LogP contribution < -0.4 is 5.32 Å². The first-order valence-electron chi connectivity index (χ1n) is 7.04. The minimum Gasteiger partial charge on any atom is -0.355 e. The highest BCUT2D eigenvalue weighted by Crippen LogP contribution is 2.29. The van der Waals surface area contributed by atoms with Gasteiger partial charge in [0.05, 0.1) is 12.4 Å². The van der Waals surface area contributed by atoms with Crippen molar-refractivity contribution in [3.05, 3.63) is 12.4 Å². The van der Waals surface area contributed by atoms with Crippen LogP contribution in [-0.2, 0) is 10.0 Å². The summed E-state index contributed by atoms with van der Waals surface area (Å²) < 4.78 is 26.9. The number of nitrogens with one attached hydrogen (secondary N) is 1. The van der Waals surface area contributed by atoms with E-state index >= 15 is 0 Å². The third-order valence-electron chi connectivity index (χ3n) is 3.59. The highest BCUT2D eigenvalue weighted by Gasteiger charge is 2.37. The number of hydrogen-bond acceptors (Lipinski definition) is 5. The molecule has 0 spiro atoms. The van der Waals surface area contributed by atoms with Gasteiger partial charge in [0.15, 0.2) is 0 Å². The highest BCUT2D eigenvalue weighted by atomic mass is 32.2. The number of aromatic nitrogens is 2. The maximum absolute atomic E-state index is 12.6. The molecule has 7 heteroatoms. The Labute approximate surface area is 120 Å². The van der Waals surface area contributed by atoms with E-state index in [1.165, 1.54) is 12.4 Å². The summed E-state index contributed by atoms with van der Waals surface area (Å²) in [5.74, 6) is 0.766. The average molecular weight is 298 g/mol. The lowest BCUT2D eigenvalue weighted by molar-refractivity contribution is 0.315. The van der Waals surface area contributed by atoms with E-state index in [9.17, 15) is 8.42 Å². The predicted octanol–water partition coefficient (Wildman–Crippen LogP) is 1.72. The van der Waals surface area contributed by atoms with Crippen LogP contribution in [0.25, 0.3) is 0 Å². The van der Waals surface area contributed by atoms with E-state index < -0.39 is 10.0 Å². The maximum Gasteiger partial charge on any atom is 0.246 e. The Kier molecular flexibility index (Phi) is 4.59. The van der Waals surface area contributed by atoms with E-state index in [4.69, 9.17) is 0 Å². The van der Waals surface area contributed by atoms with Gasteiger partial charge in [-0.15, -0.1) is 0 Å². The summed E-state index contributed by atoms with van der Waals surface area (Å²) in [5, 5.41) is 2.95. The Morgan fingerprint density at radius 1 is 1.40 bits per heavy atom. The smallest absolute Gasteiger partial charge is 0.246 e. The molecule has 1 fully saturated rings. The molecule has 2 heterocycles. The molecular weight excluding hydrogens is 276 g/mol. The number of hydrogen-bond donors (Lipinski definition) is 1. The van der Waals surface area contributed by atoms with E-state index in [0.29, 0.717) is 25.0 Å². The molecule has 1 atom stereocenters. The summed E-state index contributed by atoms with van der Waals surface area (Å²) in [6.07, 6.45) is 4.61. The molecule has 0 aromatic carbocycles. The van der Waals surface area contributed by atoms with Crippen LogP contribution in [0, 0.1) is 5.92 Å². The molecule has 20 heavy (non-hydrogen) atoms. The first kappa shape index (κ1) is 15.2. The van der Waals surface area contributed by atoms with Crippen molar-refractivity contribution >= 4 is 16.0 Å². The quantitative estimate of drug-likeness (QED) is 0.896. The van der Waals surface area contributed by atoms with Crippen LogP contribution in [-0.4, -0.2) is 41.8 Å². The summed E-state index contributed by atoms with van der Waals surface area (Å²) in [6, 6.07) is 0.0773. The summed E-state index contributed by atoms with van der Waals surface area (Å²) in [7, 11) is -3.48. The lowest BCUT2D eigenvalue weighted by atomic mass is 10.0. The van der Waals surface area contributed by atoms with Crippen molar-refractivity contribution < 1.29 is 8.42 Å². The van der Waals surface area contributed by atoms with Gasteiger partial charge >= 0.3 is 0 Å². The number of nitrogens with zero attached hydrogens (tertiary/aromatic N) is 3. The standard InChI is InChI=1S/C13H22N4O2S/c1-4-14-13-15-8-11(9-16-13)20(18,19)17-7-5-6-12(17)10(2)3/h8-10,12H,4-7H2,1-3H3,(H,14,15,16). The minimum absolute atomic E-state index is 0.0773. The van der Waals surface area contributed by atoms with Crippen molar-refractivity contribution in [2.24, 2.45) is 5.92 Å². The molecule has 0 saturated carbocycles. The van der Waals surface area contributed by atoms with Gasteiger partial charge in [-0.3, -0.25) is 0 Å². The Morgan fingerprint density at radius 3 is 2.60 bits per heavy atom. The highest BCUT2D eigenvalue weighted by molar-refractivity contribution is 7.89. The zero-order valence-corrected chi connectivity index (χ0v) is 13.0. The Balaban J connectivity index is 2.25. The Hall–Kier alpha value is -1.21. The van der Waals surface area contributed by atoms with Crippen molar-refractivity contribution in [3.63, 3.8) is 0 Å². The Morgan fingerprint density at radius 2 is 2.05 bits per heavy atom. The van der Waals surface area contributed by atoms with E-state index in [1.54, 1.807) is 4.31 Å². The van der Waals surface area contributed by atoms with Crippen LogP contribution in [0.3, 0.4) is 0 Å². The molecule has 1 saturated heterocycles. The summed E-state index contributed by atoms with van der Waals surface area (Å²) >= 11 is 0. The van der Waals surface area contributed by atoms with Crippen LogP contribution in [0.15, 0.2) is 17.3 Å². The predicted molar refractivity (Wildman–Crippen MR) is 77.9 cm³/mol. The van der Waals surface area contributed by atoms with Gasteiger partial charge in [0.1, 0.15) is 4.90 Å². The molecule has 1 aliphatic heterocycles.